The fourth-order valence-electron chi connectivity index (χ4n) is 3.23. The highest BCUT2D eigenvalue weighted by atomic mass is 35.5. The molecule has 11 heteroatoms. The van der Waals surface area contributed by atoms with Gasteiger partial charge in [0.25, 0.3) is 17.9 Å². The summed E-state index contributed by atoms with van der Waals surface area (Å²) < 4.78 is 40.0. The van der Waals surface area contributed by atoms with Crippen LogP contribution in [0.25, 0.3) is 16.9 Å². The van der Waals surface area contributed by atoms with E-state index in [0.717, 1.165) is 18.9 Å². The highest BCUT2D eigenvalue weighted by Gasteiger charge is 2.33. The smallest absolute Gasteiger partial charge is 0.275 e. The number of nitrogens with one attached hydrogen (secondary N) is 2. The fourth-order valence-corrected chi connectivity index (χ4v) is 3.35. The van der Waals surface area contributed by atoms with Gasteiger partial charge in [-0.05, 0) is 37.0 Å². The second kappa shape index (κ2) is 7.77. The van der Waals surface area contributed by atoms with Crippen LogP contribution < -0.4 is 10.9 Å². The van der Waals surface area contributed by atoms with Gasteiger partial charge >= 0.3 is 0 Å². The van der Waals surface area contributed by atoms with Crippen molar-refractivity contribution in [2.75, 3.05) is 6.54 Å². The number of aromatic nitrogens is 3. The summed E-state index contributed by atoms with van der Waals surface area (Å²) in [6.45, 7) is -0.633. The monoisotopic (exact) mass is 440 g/mol. The third-order valence-electron chi connectivity index (χ3n) is 4.87. The summed E-state index contributed by atoms with van der Waals surface area (Å²) in [7, 11) is 0. The molecular formula is C19H16ClF3N4O3. The number of rotatable bonds is 6. The van der Waals surface area contributed by atoms with Crippen LogP contribution in [0, 0.1) is 5.82 Å². The van der Waals surface area contributed by atoms with E-state index in [1.807, 2.05) is 0 Å². The lowest BCUT2D eigenvalue weighted by molar-refractivity contribution is -0.00270. The summed E-state index contributed by atoms with van der Waals surface area (Å²) in [5.41, 5.74) is 0.515. The van der Waals surface area contributed by atoms with E-state index in [2.05, 4.69) is 15.4 Å². The summed E-state index contributed by atoms with van der Waals surface area (Å²) in [4.78, 5) is 27.9. The van der Waals surface area contributed by atoms with Gasteiger partial charge in [0.1, 0.15) is 17.4 Å². The predicted molar refractivity (Wildman–Crippen MR) is 103 cm³/mol. The number of amides is 1. The number of halogens is 4. The lowest BCUT2D eigenvalue weighted by Gasteiger charge is -2.10. The first-order chi connectivity index (χ1) is 14.3. The van der Waals surface area contributed by atoms with Gasteiger partial charge in [-0.1, -0.05) is 11.6 Å². The van der Waals surface area contributed by atoms with Crippen LogP contribution in [0.2, 0.25) is 5.02 Å². The zero-order valence-corrected chi connectivity index (χ0v) is 16.1. The SMILES string of the molecule is O=C(NCC(O)C(F)F)c1cn2nc(-c3ccc(Cl)c(F)c3)[nH]c(=O)c2c1C1CC1. The zero-order valence-electron chi connectivity index (χ0n) is 15.3. The number of carbonyl (C=O) groups is 1. The Labute approximate surface area is 172 Å². The minimum absolute atomic E-state index is 0.0301. The van der Waals surface area contributed by atoms with Crippen LogP contribution in [0.5, 0.6) is 0 Å². The second-order valence-corrected chi connectivity index (χ2v) is 7.47. The van der Waals surface area contributed by atoms with Crippen LogP contribution in [0.15, 0.2) is 29.2 Å². The molecule has 0 spiro atoms. The van der Waals surface area contributed by atoms with Gasteiger partial charge in [-0.2, -0.15) is 0 Å². The number of hydrogen-bond donors (Lipinski definition) is 3. The molecule has 0 aliphatic heterocycles. The number of H-pyrrole nitrogens is 1. The Morgan fingerprint density at radius 1 is 1.40 bits per heavy atom. The van der Waals surface area contributed by atoms with Crippen molar-refractivity contribution in [1.82, 2.24) is 19.9 Å². The van der Waals surface area contributed by atoms with Crippen molar-refractivity contribution in [1.29, 1.82) is 0 Å². The van der Waals surface area contributed by atoms with Gasteiger partial charge in [0.05, 0.1) is 10.6 Å². The molecule has 158 valence electrons. The molecule has 1 amide bonds. The van der Waals surface area contributed by atoms with Gasteiger partial charge in [-0.25, -0.2) is 17.7 Å². The van der Waals surface area contributed by atoms with E-state index in [-0.39, 0.29) is 33.4 Å². The topological polar surface area (TPSA) is 99.5 Å². The van der Waals surface area contributed by atoms with Crippen LogP contribution >= 0.6 is 11.6 Å². The zero-order chi connectivity index (χ0) is 21.6. The number of aliphatic hydroxyl groups is 1. The standard InChI is InChI=1S/C19H16ClF3N4O3/c20-11-4-3-9(5-12(11)21)17-25-19(30)15-14(8-1-2-8)10(7-27(15)26-17)18(29)24-6-13(28)16(22)23/h3-5,7-8,13,16,28H,1-2,6H2,(H,24,29)(H,25,26,30). The molecule has 1 fully saturated rings. The van der Waals surface area contributed by atoms with Crippen molar-refractivity contribution in [3.8, 4) is 11.4 Å². The maximum atomic E-state index is 13.8. The summed E-state index contributed by atoms with van der Waals surface area (Å²) in [6.07, 6.45) is -2.12. The Bertz CT molecular complexity index is 1190. The van der Waals surface area contributed by atoms with Crippen molar-refractivity contribution >= 4 is 23.0 Å². The molecule has 1 saturated carbocycles. The minimum atomic E-state index is -2.99. The molecule has 0 radical (unpaired) electrons. The third-order valence-corrected chi connectivity index (χ3v) is 5.17. The van der Waals surface area contributed by atoms with Gasteiger partial charge < -0.3 is 15.4 Å². The van der Waals surface area contributed by atoms with Crippen LogP contribution in [-0.2, 0) is 0 Å². The molecule has 0 bridgehead atoms. The number of hydrogen-bond acceptors (Lipinski definition) is 4. The van der Waals surface area contributed by atoms with Crippen LogP contribution in [0.4, 0.5) is 13.2 Å². The van der Waals surface area contributed by atoms with Gasteiger partial charge in [0.15, 0.2) is 5.82 Å². The average Bonchev–Trinajstić information content (AvgIpc) is 3.47. The number of nitrogens with zero attached hydrogens (tertiary/aromatic N) is 2. The maximum absolute atomic E-state index is 13.8. The van der Waals surface area contributed by atoms with E-state index in [9.17, 15) is 27.9 Å². The predicted octanol–water partition coefficient (Wildman–Crippen LogP) is 2.72. The average molecular weight is 441 g/mol. The highest BCUT2D eigenvalue weighted by molar-refractivity contribution is 6.30. The molecule has 0 saturated heterocycles. The molecule has 4 rings (SSSR count). The quantitative estimate of drug-likeness (QED) is 0.548. The molecule has 1 atom stereocenters. The van der Waals surface area contributed by atoms with Crippen molar-refractivity contribution in [2.24, 2.45) is 0 Å². The minimum Gasteiger partial charge on any atom is -0.385 e. The van der Waals surface area contributed by atoms with Gasteiger partial charge in [0, 0.05) is 23.9 Å². The number of aromatic amines is 1. The molecule has 1 unspecified atom stereocenters. The fraction of sp³-hybridized carbons (Fsp3) is 0.316. The van der Waals surface area contributed by atoms with Crippen molar-refractivity contribution in [3.05, 3.63) is 56.7 Å². The molecule has 3 aromatic rings. The normalized spacial score (nSPS) is 15.0. The Balaban J connectivity index is 1.76. The lowest BCUT2D eigenvalue weighted by atomic mass is 10.1. The van der Waals surface area contributed by atoms with Gasteiger partial charge in [-0.3, -0.25) is 9.59 Å². The van der Waals surface area contributed by atoms with Crippen LogP contribution in [0.1, 0.15) is 34.7 Å². The summed E-state index contributed by atoms with van der Waals surface area (Å²) >= 11 is 5.68. The van der Waals surface area contributed by atoms with Crippen LogP contribution in [-0.4, -0.2) is 44.7 Å². The first-order valence-corrected chi connectivity index (χ1v) is 9.49. The highest BCUT2D eigenvalue weighted by Crippen LogP contribution is 2.43. The Morgan fingerprint density at radius 3 is 2.77 bits per heavy atom. The first kappa shape index (κ1) is 20.4. The van der Waals surface area contributed by atoms with Crippen molar-refractivity contribution < 1.29 is 23.1 Å². The summed E-state index contributed by atoms with van der Waals surface area (Å²) in [5.74, 6) is -1.33. The Kier molecular flexibility index (Phi) is 5.29. The lowest BCUT2D eigenvalue weighted by Crippen LogP contribution is -2.36. The first-order valence-electron chi connectivity index (χ1n) is 9.11. The van der Waals surface area contributed by atoms with E-state index < -0.39 is 36.4 Å². The third kappa shape index (κ3) is 3.80. The Morgan fingerprint density at radius 2 is 2.13 bits per heavy atom. The molecule has 1 aliphatic rings. The number of aliphatic hydroxyl groups excluding tert-OH is 1. The molecule has 1 aliphatic carbocycles. The van der Waals surface area contributed by atoms with E-state index in [1.54, 1.807) is 0 Å². The number of fused-ring (bicyclic) bond motifs is 1. The molecule has 30 heavy (non-hydrogen) atoms. The number of alkyl halides is 2. The van der Waals surface area contributed by atoms with E-state index in [0.29, 0.717) is 5.56 Å². The molecule has 1 aromatic carbocycles. The molecular weight excluding hydrogens is 425 g/mol. The van der Waals surface area contributed by atoms with Crippen molar-refractivity contribution in [3.63, 3.8) is 0 Å². The molecule has 2 aromatic heterocycles. The number of benzene rings is 1. The maximum Gasteiger partial charge on any atom is 0.275 e. The van der Waals surface area contributed by atoms with Crippen LogP contribution in [0.3, 0.4) is 0 Å². The van der Waals surface area contributed by atoms with E-state index in [4.69, 9.17) is 11.6 Å². The largest absolute Gasteiger partial charge is 0.385 e. The number of carbonyl (C=O) groups excluding carboxylic acids is 1. The van der Waals surface area contributed by atoms with Crippen molar-refractivity contribution in [2.45, 2.75) is 31.3 Å². The molecule has 2 heterocycles. The summed E-state index contributed by atoms with van der Waals surface area (Å²) in [5, 5.41) is 15.7. The van der Waals surface area contributed by atoms with Gasteiger partial charge in [0.2, 0.25) is 0 Å². The molecule has 3 N–H and O–H groups in total. The summed E-state index contributed by atoms with van der Waals surface area (Å²) in [6, 6.07) is 3.94. The van der Waals surface area contributed by atoms with E-state index >= 15 is 0 Å². The van der Waals surface area contributed by atoms with Gasteiger partial charge in [-0.15, -0.1) is 5.10 Å². The second-order valence-electron chi connectivity index (χ2n) is 7.07. The van der Waals surface area contributed by atoms with E-state index in [1.165, 1.54) is 22.8 Å². The molecule has 7 nitrogen and oxygen atoms in total. The Hall–Kier alpha value is -2.85.